The zero-order valence-electron chi connectivity index (χ0n) is 10.6. The van der Waals surface area contributed by atoms with Crippen LogP contribution in [-0.2, 0) is 9.53 Å². The van der Waals surface area contributed by atoms with Crippen molar-refractivity contribution in [2.45, 2.75) is 25.7 Å². The third-order valence-corrected chi connectivity index (χ3v) is 3.41. The zero-order valence-corrected chi connectivity index (χ0v) is 10.6. The lowest BCUT2D eigenvalue weighted by atomic mass is 9.87. The van der Waals surface area contributed by atoms with Crippen molar-refractivity contribution in [1.29, 1.82) is 0 Å². The molecule has 1 fully saturated rings. The van der Waals surface area contributed by atoms with E-state index in [0.717, 1.165) is 19.4 Å². The van der Waals surface area contributed by atoms with Gasteiger partial charge in [0.15, 0.2) is 0 Å². The molecule has 100 valence electrons. The number of methoxy groups -OCH3 is 1. The minimum absolute atomic E-state index is 0.00676. The molecule has 0 aromatic rings. The Labute approximate surface area is 103 Å². The molecular formula is C12H24N2O3. The minimum Gasteiger partial charge on any atom is -0.396 e. The highest BCUT2D eigenvalue weighted by atomic mass is 16.5. The molecule has 1 amide bonds. The van der Waals surface area contributed by atoms with Crippen LogP contribution in [0.4, 0.5) is 0 Å². The van der Waals surface area contributed by atoms with Crippen molar-refractivity contribution in [3.8, 4) is 0 Å². The Kier molecular flexibility index (Phi) is 6.47. The van der Waals surface area contributed by atoms with Crippen LogP contribution in [0.5, 0.6) is 0 Å². The second-order valence-electron chi connectivity index (χ2n) is 4.81. The van der Waals surface area contributed by atoms with Gasteiger partial charge < -0.3 is 20.5 Å². The molecule has 1 aliphatic rings. The number of rotatable bonds is 8. The number of carbonyl (C=O) groups is 1. The van der Waals surface area contributed by atoms with Crippen LogP contribution in [-0.4, -0.2) is 51.0 Å². The van der Waals surface area contributed by atoms with Gasteiger partial charge in [-0.1, -0.05) is 12.8 Å². The first kappa shape index (κ1) is 14.4. The molecule has 0 heterocycles. The van der Waals surface area contributed by atoms with Crippen LogP contribution in [0.3, 0.4) is 0 Å². The van der Waals surface area contributed by atoms with Gasteiger partial charge in [0.1, 0.15) is 0 Å². The van der Waals surface area contributed by atoms with E-state index >= 15 is 0 Å². The van der Waals surface area contributed by atoms with Gasteiger partial charge in [-0.25, -0.2) is 0 Å². The van der Waals surface area contributed by atoms with E-state index in [4.69, 9.17) is 4.74 Å². The van der Waals surface area contributed by atoms with Crippen LogP contribution in [0.2, 0.25) is 0 Å². The van der Waals surface area contributed by atoms with Crippen molar-refractivity contribution in [3.63, 3.8) is 0 Å². The topological polar surface area (TPSA) is 70.6 Å². The Hall–Kier alpha value is -0.650. The summed E-state index contributed by atoms with van der Waals surface area (Å²) in [7, 11) is 1.61. The fourth-order valence-corrected chi connectivity index (χ4v) is 2.31. The van der Waals surface area contributed by atoms with Gasteiger partial charge >= 0.3 is 0 Å². The van der Waals surface area contributed by atoms with E-state index in [2.05, 4.69) is 10.6 Å². The summed E-state index contributed by atoms with van der Waals surface area (Å²) in [6, 6.07) is 0. The van der Waals surface area contributed by atoms with Crippen molar-refractivity contribution in [1.82, 2.24) is 10.6 Å². The van der Waals surface area contributed by atoms with E-state index < -0.39 is 0 Å². The van der Waals surface area contributed by atoms with Crippen molar-refractivity contribution < 1.29 is 14.6 Å². The molecule has 0 saturated heterocycles. The molecule has 5 heteroatoms. The summed E-state index contributed by atoms with van der Waals surface area (Å²) in [5, 5.41) is 15.3. The Bertz CT molecular complexity index is 228. The molecule has 0 radical (unpaired) electrons. The molecule has 5 nitrogen and oxygen atoms in total. The third kappa shape index (κ3) is 5.02. The zero-order chi connectivity index (χ0) is 12.6. The number of ether oxygens (including phenoxy) is 1. The first-order valence-corrected chi connectivity index (χ1v) is 6.30. The van der Waals surface area contributed by atoms with Crippen LogP contribution in [0.1, 0.15) is 25.7 Å². The van der Waals surface area contributed by atoms with Gasteiger partial charge in [0.2, 0.25) is 5.91 Å². The van der Waals surface area contributed by atoms with Gasteiger partial charge in [-0.05, 0) is 12.8 Å². The number of nitrogens with one attached hydrogen (secondary N) is 2. The molecule has 0 aliphatic heterocycles. The Balaban J connectivity index is 2.11. The highest BCUT2D eigenvalue weighted by Gasteiger charge is 2.32. The van der Waals surface area contributed by atoms with Gasteiger partial charge in [0.25, 0.3) is 0 Å². The highest BCUT2D eigenvalue weighted by molar-refractivity contribution is 5.77. The van der Waals surface area contributed by atoms with Gasteiger partial charge in [0.05, 0.1) is 13.2 Å². The summed E-state index contributed by atoms with van der Waals surface area (Å²) in [6.07, 6.45) is 4.48. The molecule has 0 spiro atoms. The van der Waals surface area contributed by atoms with Crippen LogP contribution in [0, 0.1) is 5.41 Å². The lowest BCUT2D eigenvalue weighted by Crippen LogP contribution is -2.41. The van der Waals surface area contributed by atoms with Crippen LogP contribution in [0.15, 0.2) is 0 Å². The minimum atomic E-state index is -0.0202. The standard InChI is InChI=1S/C12H24N2O3/c1-17-7-6-14-11(16)8-13-9-12(10-15)4-2-3-5-12/h13,15H,2-10H2,1H3,(H,14,16). The maximum absolute atomic E-state index is 11.4. The average molecular weight is 244 g/mol. The van der Waals surface area contributed by atoms with Crippen LogP contribution < -0.4 is 10.6 Å². The normalized spacial score (nSPS) is 18.2. The number of hydrogen-bond donors (Lipinski definition) is 3. The van der Waals surface area contributed by atoms with Crippen molar-refractivity contribution in [2.75, 3.05) is 40.0 Å². The van der Waals surface area contributed by atoms with Gasteiger partial charge in [0, 0.05) is 32.2 Å². The van der Waals surface area contributed by atoms with Crippen molar-refractivity contribution in [2.24, 2.45) is 5.41 Å². The van der Waals surface area contributed by atoms with Crippen LogP contribution in [0.25, 0.3) is 0 Å². The summed E-state index contributed by atoms with van der Waals surface area (Å²) in [5.74, 6) is -0.0202. The van der Waals surface area contributed by atoms with E-state index in [0.29, 0.717) is 19.7 Å². The van der Waals surface area contributed by atoms with Crippen molar-refractivity contribution >= 4 is 5.91 Å². The molecule has 0 aromatic heterocycles. The molecule has 1 aliphatic carbocycles. The molecule has 17 heavy (non-hydrogen) atoms. The van der Waals surface area contributed by atoms with Gasteiger partial charge in [-0.15, -0.1) is 0 Å². The Morgan fingerprint density at radius 3 is 2.71 bits per heavy atom. The summed E-state index contributed by atoms with van der Waals surface area (Å²) in [5.41, 5.74) is 0.00676. The second-order valence-corrected chi connectivity index (χ2v) is 4.81. The molecular weight excluding hydrogens is 220 g/mol. The predicted molar refractivity (Wildman–Crippen MR) is 65.7 cm³/mol. The monoisotopic (exact) mass is 244 g/mol. The summed E-state index contributed by atoms with van der Waals surface area (Å²) >= 11 is 0. The first-order valence-electron chi connectivity index (χ1n) is 6.30. The number of amides is 1. The summed E-state index contributed by atoms with van der Waals surface area (Å²) in [6.45, 7) is 2.33. The fraction of sp³-hybridized carbons (Fsp3) is 0.917. The molecule has 0 aromatic carbocycles. The first-order chi connectivity index (χ1) is 8.22. The predicted octanol–water partition coefficient (Wildman–Crippen LogP) is -0.109. The highest BCUT2D eigenvalue weighted by Crippen LogP contribution is 2.36. The largest absolute Gasteiger partial charge is 0.396 e. The molecule has 1 saturated carbocycles. The molecule has 0 atom stereocenters. The van der Waals surface area contributed by atoms with E-state index in [1.807, 2.05) is 0 Å². The molecule has 3 N–H and O–H groups in total. The maximum atomic E-state index is 11.4. The van der Waals surface area contributed by atoms with Gasteiger partial charge in [-0.3, -0.25) is 4.79 Å². The number of carbonyl (C=O) groups excluding carboxylic acids is 1. The molecule has 0 bridgehead atoms. The maximum Gasteiger partial charge on any atom is 0.234 e. The quantitative estimate of drug-likeness (QED) is 0.521. The van der Waals surface area contributed by atoms with Crippen LogP contribution >= 0.6 is 0 Å². The fourth-order valence-electron chi connectivity index (χ4n) is 2.31. The lowest BCUT2D eigenvalue weighted by Gasteiger charge is -2.26. The molecule has 0 unspecified atom stereocenters. The van der Waals surface area contributed by atoms with Crippen molar-refractivity contribution in [3.05, 3.63) is 0 Å². The molecule has 1 rings (SSSR count). The lowest BCUT2D eigenvalue weighted by molar-refractivity contribution is -0.120. The average Bonchev–Trinajstić information content (AvgIpc) is 2.79. The second kappa shape index (κ2) is 7.63. The van der Waals surface area contributed by atoms with E-state index in [1.165, 1.54) is 12.8 Å². The number of hydrogen-bond acceptors (Lipinski definition) is 4. The third-order valence-electron chi connectivity index (χ3n) is 3.41. The van der Waals surface area contributed by atoms with Gasteiger partial charge in [-0.2, -0.15) is 0 Å². The summed E-state index contributed by atoms with van der Waals surface area (Å²) < 4.78 is 4.84. The number of aliphatic hydroxyl groups excluding tert-OH is 1. The Morgan fingerprint density at radius 1 is 1.41 bits per heavy atom. The van der Waals surface area contributed by atoms with E-state index in [1.54, 1.807) is 7.11 Å². The Morgan fingerprint density at radius 2 is 2.12 bits per heavy atom. The van der Waals surface area contributed by atoms with E-state index in [-0.39, 0.29) is 17.9 Å². The SMILES string of the molecule is COCCNC(=O)CNCC1(CO)CCCC1. The smallest absolute Gasteiger partial charge is 0.234 e. The summed E-state index contributed by atoms with van der Waals surface area (Å²) in [4.78, 5) is 11.4. The number of aliphatic hydroxyl groups is 1. The van der Waals surface area contributed by atoms with E-state index in [9.17, 15) is 9.90 Å².